The Kier molecular flexibility index (Phi) is 4.51. The van der Waals surface area contributed by atoms with Crippen LogP contribution in [0, 0.1) is 11.3 Å². The topological polar surface area (TPSA) is 70.8 Å². The highest BCUT2D eigenvalue weighted by atomic mass is 14.9. The van der Waals surface area contributed by atoms with Crippen LogP contribution < -0.4 is 11.5 Å². The maximum Gasteiger partial charge on any atom is 0.101 e. The molecule has 1 aromatic carbocycles. The highest BCUT2D eigenvalue weighted by molar-refractivity contribution is 5.56. The fraction of sp³-hybridized carbons (Fsp3) is 0.222. The second kappa shape index (κ2) is 5.16. The first-order chi connectivity index (χ1) is 5.38. The molecule has 0 amide bonds. The molecule has 12 heavy (non-hydrogen) atoms. The molecule has 0 bridgehead atoms. The van der Waals surface area contributed by atoms with Gasteiger partial charge in [0, 0.05) is 6.54 Å². The van der Waals surface area contributed by atoms with E-state index in [2.05, 4.69) is 11.4 Å². The lowest BCUT2D eigenvalue weighted by atomic mass is 10.2. The average Bonchev–Trinajstić information content (AvgIpc) is 2.06. The number of benzene rings is 1. The number of rotatable bonds is 2. The van der Waals surface area contributed by atoms with Gasteiger partial charge >= 0.3 is 0 Å². The third-order valence-electron chi connectivity index (χ3n) is 1.41. The van der Waals surface area contributed by atoms with Crippen LogP contribution in [0.4, 0.5) is 5.69 Å². The summed E-state index contributed by atoms with van der Waals surface area (Å²) in [6.45, 7) is 2.85. The van der Waals surface area contributed by atoms with E-state index in [9.17, 15) is 0 Å². The molecular formula is C9H13N3. The molecule has 0 saturated heterocycles. The Labute approximate surface area is 72.6 Å². The number of nitrogens with zero attached hydrogens (tertiary/aromatic N) is 1. The third-order valence-corrected chi connectivity index (χ3v) is 1.41. The quantitative estimate of drug-likeness (QED) is 0.701. The summed E-state index contributed by atoms with van der Waals surface area (Å²) in [7, 11) is 0. The van der Waals surface area contributed by atoms with Crippen molar-refractivity contribution in [3.05, 3.63) is 29.8 Å². The molecule has 0 aliphatic rings. The summed E-state index contributed by atoms with van der Waals surface area (Å²) < 4.78 is 0. The molecule has 0 saturated carbocycles. The van der Waals surface area contributed by atoms with Crippen molar-refractivity contribution in [1.82, 2.24) is 6.15 Å². The zero-order valence-electron chi connectivity index (χ0n) is 7.17. The van der Waals surface area contributed by atoms with Crippen molar-refractivity contribution < 1.29 is 0 Å². The number of nitrogens with one attached hydrogen (secondary N) is 1. The minimum Gasteiger partial charge on any atom is -0.384 e. The second-order valence-electron chi connectivity index (χ2n) is 2.19. The molecule has 1 aromatic rings. The molecule has 0 fully saturated rings. The average molecular weight is 163 g/mol. The van der Waals surface area contributed by atoms with E-state index in [4.69, 9.17) is 5.26 Å². The predicted octanol–water partition coefficient (Wildman–Crippen LogP) is 2.15. The minimum atomic E-state index is 0. The van der Waals surface area contributed by atoms with Gasteiger partial charge in [-0.1, -0.05) is 12.1 Å². The van der Waals surface area contributed by atoms with E-state index in [0.717, 1.165) is 12.2 Å². The van der Waals surface area contributed by atoms with E-state index in [1.165, 1.54) is 0 Å². The zero-order valence-corrected chi connectivity index (χ0v) is 7.17. The molecule has 0 aliphatic carbocycles. The number of para-hydroxylation sites is 1. The normalized spacial score (nSPS) is 8.00. The standard InChI is InChI=1S/C9H10N2.H3N/c1-2-11-9-6-4-3-5-8(9)7-10;/h3-6,11H,2H2,1H3;1H3. The van der Waals surface area contributed by atoms with Gasteiger partial charge in [-0.2, -0.15) is 5.26 Å². The van der Waals surface area contributed by atoms with Gasteiger partial charge in [-0.05, 0) is 19.1 Å². The Balaban J connectivity index is 0.00000121. The van der Waals surface area contributed by atoms with Crippen LogP contribution >= 0.6 is 0 Å². The van der Waals surface area contributed by atoms with E-state index in [1.54, 1.807) is 6.07 Å². The molecule has 0 aromatic heterocycles. The van der Waals surface area contributed by atoms with Crippen molar-refractivity contribution in [2.75, 3.05) is 11.9 Å². The Hall–Kier alpha value is -1.53. The van der Waals surface area contributed by atoms with E-state index in [1.807, 2.05) is 25.1 Å². The molecular weight excluding hydrogens is 150 g/mol. The second-order valence-corrected chi connectivity index (χ2v) is 2.19. The van der Waals surface area contributed by atoms with Crippen molar-refractivity contribution in [3.8, 4) is 6.07 Å². The predicted molar refractivity (Wildman–Crippen MR) is 50.3 cm³/mol. The van der Waals surface area contributed by atoms with E-state index in [-0.39, 0.29) is 6.15 Å². The molecule has 1 rings (SSSR count). The van der Waals surface area contributed by atoms with Crippen LogP contribution in [-0.2, 0) is 0 Å². The first-order valence-corrected chi connectivity index (χ1v) is 3.61. The Bertz CT molecular complexity index is 275. The van der Waals surface area contributed by atoms with Crippen molar-refractivity contribution in [1.29, 1.82) is 5.26 Å². The molecule has 0 heterocycles. The largest absolute Gasteiger partial charge is 0.384 e. The summed E-state index contributed by atoms with van der Waals surface area (Å²) in [5, 5.41) is 11.8. The van der Waals surface area contributed by atoms with Gasteiger partial charge in [-0.15, -0.1) is 0 Å². The lowest BCUT2D eigenvalue weighted by Gasteiger charge is -2.03. The highest BCUT2D eigenvalue weighted by Crippen LogP contribution is 2.12. The Morgan fingerprint density at radius 1 is 1.42 bits per heavy atom. The summed E-state index contributed by atoms with van der Waals surface area (Å²) >= 11 is 0. The van der Waals surface area contributed by atoms with Crippen molar-refractivity contribution >= 4 is 5.69 Å². The molecule has 0 spiro atoms. The number of hydrogen-bond donors (Lipinski definition) is 2. The molecule has 0 aliphatic heterocycles. The Morgan fingerprint density at radius 2 is 2.08 bits per heavy atom. The van der Waals surface area contributed by atoms with Crippen LogP contribution in [0.15, 0.2) is 24.3 Å². The van der Waals surface area contributed by atoms with Crippen LogP contribution in [0.25, 0.3) is 0 Å². The van der Waals surface area contributed by atoms with E-state index >= 15 is 0 Å². The van der Waals surface area contributed by atoms with Gasteiger partial charge < -0.3 is 11.5 Å². The molecule has 0 radical (unpaired) electrons. The molecule has 3 heteroatoms. The number of anilines is 1. The summed E-state index contributed by atoms with van der Waals surface area (Å²) in [6.07, 6.45) is 0. The summed E-state index contributed by atoms with van der Waals surface area (Å²) in [5.41, 5.74) is 1.62. The molecule has 64 valence electrons. The molecule has 0 unspecified atom stereocenters. The maximum absolute atomic E-state index is 8.66. The Morgan fingerprint density at radius 3 is 2.67 bits per heavy atom. The fourth-order valence-corrected chi connectivity index (χ4v) is 0.925. The van der Waals surface area contributed by atoms with Crippen LogP contribution in [0.5, 0.6) is 0 Å². The first kappa shape index (κ1) is 10.5. The fourth-order valence-electron chi connectivity index (χ4n) is 0.925. The van der Waals surface area contributed by atoms with Gasteiger partial charge in [0.1, 0.15) is 6.07 Å². The molecule has 0 atom stereocenters. The third kappa shape index (κ3) is 2.26. The van der Waals surface area contributed by atoms with Gasteiger partial charge in [0.05, 0.1) is 11.3 Å². The van der Waals surface area contributed by atoms with Gasteiger partial charge in [-0.25, -0.2) is 0 Å². The van der Waals surface area contributed by atoms with Crippen molar-refractivity contribution in [2.24, 2.45) is 0 Å². The molecule has 3 nitrogen and oxygen atoms in total. The van der Waals surface area contributed by atoms with Crippen LogP contribution in [0.2, 0.25) is 0 Å². The summed E-state index contributed by atoms with van der Waals surface area (Å²) in [5.74, 6) is 0. The maximum atomic E-state index is 8.66. The lowest BCUT2D eigenvalue weighted by molar-refractivity contribution is 1.21. The van der Waals surface area contributed by atoms with Crippen LogP contribution in [-0.4, -0.2) is 6.54 Å². The van der Waals surface area contributed by atoms with Gasteiger partial charge in [-0.3, -0.25) is 0 Å². The lowest BCUT2D eigenvalue weighted by Crippen LogP contribution is -1.98. The zero-order chi connectivity index (χ0) is 8.10. The minimum absolute atomic E-state index is 0. The highest BCUT2D eigenvalue weighted by Gasteiger charge is 1.95. The van der Waals surface area contributed by atoms with Gasteiger partial charge in [0.15, 0.2) is 0 Å². The van der Waals surface area contributed by atoms with Crippen LogP contribution in [0.1, 0.15) is 12.5 Å². The summed E-state index contributed by atoms with van der Waals surface area (Å²) in [6, 6.07) is 9.60. The number of hydrogen-bond acceptors (Lipinski definition) is 3. The first-order valence-electron chi connectivity index (χ1n) is 3.61. The van der Waals surface area contributed by atoms with E-state index in [0.29, 0.717) is 5.56 Å². The summed E-state index contributed by atoms with van der Waals surface area (Å²) in [4.78, 5) is 0. The smallest absolute Gasteiger partial charge is 0.101 e. The van der Waals surface area contributed by atoms with Crippen LogP contribution in [0.3, 0.4) is 0 Å². The van der Waals surface area contributed by atoms with Gasteiger partial charge in [0.2, 0.25) is 0 Å². The molecule has 4 N–H and O–H groups in total. The SMILES string of the molecule is CCNc1ccccc1C#N.N. The van der Waals surface area contributed by atoms with Crippen molar-refractivity contribution in [2.45, 2.75) is 6.92 Å². The monoisotopic (exact) mass is 163 g/mol. The van der Waals surface area contributed by atoms with Gasteiger partial charge in [0.25, 0.3) is 0 Å². The van der Waals surface area contributed by atoms with Crippen molar-refractivity contribution in [3.63, 3.8) is 0 Å². The number of nitriles is 1. The van der Waals surface area contributed by atoms with E-state index < -0.39 is 0 Å².